The lowest BCUT2D eigenvalue weighted by atomic mass is 10.1. The van der Waals surface area contributed by atoms with Gasteiger partial charge in [0.1, 0.15) is 11.6 Å². The van der Waals surface area contributed by atoms with E-state index in [2.05, 4.69) is 25.9 Å². The van der Waals surface area contributed by atoms with Crippen LogP contribution in [-0.2, 0) is 6.42 Å². The van der Waals surface area contributed by atoms with Crippen LogP contribution in [0.4, 0.5) is 4.39 Å². The summed E-state index contributed by atoms with van der Waals surface area (Å²) in [6.07, 6.45) is 3.83. The summed E-state index contributed by atoms with van der Waals surface area (Å²) >= 11 is 9.47. The molecule has 1 N–H and O–H groups in total. The van der Waals surface area contributed by atoms with E-state index in [0.29, 0.717) is 16.5 Å². The molecule has 0 aliphatic heterocycles. The lowest BCUT2D eigenvalue weighted by Crippen LogP contribution is -2.01. The van der Waals surface area contributed by atoms with Gasteiger partial charge in [-0.3, -0.25) is 0 Å². The minimum atomic E-state index is -0.443. The van der Waals surface area contributed by atoms with E-state index in [4.69, 9.17) is 11.6 Å². The highest BCUT2D eigenvalue weighted by atomic mass is 79.9. The number of rotatable bonds is 3. The van der Waals surface area contributed by atoms with Gasteiger partial charge in [0, 0.05) is 28.9 Å². The fourth-order valence-electron chi connectivity index (χ4n) is 1.49. The Morgan fingerprint density at radius 2 is 2.31 bits per heavy atom. The zero-order valence-corrected chi connectivity index (χ0v) is 10.6. The summed E-state index contributed by atoms with van der Waals surface area (Å²) in [4.78, 5) is 7.01. The van der Waals surface area contributed by atoms with Crippen molar-refractivity contribution < 1.29 is 4.39 Å². The van der Waals surface area contributed by atoms with Gasteiger partial charge in [-0.15, -0.1) is 11.6 Å². The molecule has 1 aromatic carbocycles. The summed E-state index contributed by atoms with van der Waals surface area (Å²) in [5.74, 6) is 0.441. The van der Waals surface area contributed by atoms with Gasteiger partial charge in [-0.25, -0.2) is 9.37 Å². The molecule has 0 saturated heterocycles. The molecule has 2 rings (SSSR count). The highest BCUT2D eigenvalue weighted by molar-refractivity contribution is 9.10. The second-order valence-corrected chi connectivity index (χ2v) is 4.72. The summed E-state index contributed by atoms with van der Waals surface area (Å²) in [6, 6.07) is 4.81. The maximum absolute atomic E-state index is 13.6. The molecule has 84 valence electrons. The number of aromatic nitrogens is 2. The maximum atomic E-state index is 13.6. The normalized spacial score (nSPS) is 12.7. The third-order valence-corrected chi connectivity index (χ3v) is 3.30. The molecule has 0 radical (unpaired) electrons. The monoisotopic (exact) mass is 302 g/mol. The fourth-order valence-corrected chi connectivity index (χ4v) is 2.61. The number of benzene rings is 1. The summed E-state index contributed by atoms with van der Waals surface area (Å²) < 4.78 is 14.3. The first-order valence-electron chi connectivity index (χ1n) is 4.74. The molecule has 1 unspecified atom stereocenters. The van der Waals surface area contributed by atoms with Crippen molar-refractivity contribution in [1.29, 1.82) is 0 Å². The van der Waals surface area contributed by atoms with Crippen molar-refractivity contribution in [3.63, 3.8) is 0 Å². The molecule has 0 aliphatic rings. The Morgan fingerprint density at radius 3 is 2.94 bits per heavy atom. The molecule has 0 spiro atoms. The number of aromatic amines is 1. The summed E-state index contributed by atoms with van der Waals surface area (Å²) in [5, 5.41) is -0.443. The number of hydrogen-bond donors (Lipinski definition) is 1. The minimum Gasteiger partial charge on any atom is -0.349 e. The van der Waals surface area contributed by atoms with Crippen LogP contribution in [0.2, 0.25) is 0 Å². The largest absolute Gasteiger partial charge is 0.349 e. The fraction of sp³-hybridized carbons (Fsp3) is 0.182. The van der Waals surface area contributed by atoms with Crippen molar-refractivity contribution in [2.24, 2.45) is 0 Å². The molecule has 0 amide bonds. The first-order valence-corrected chi connectivity index (χ1v) is 5.97. The molecular formula is C11H9BrClFN2. The van der Waals surface area contributed by atoms with Crippen molar-refractivity contribution in [1.82, 2.24) is 9.97 Å². The molecule has 0 saturated carbocycles. The van der Waals surface area contributed by atoms with E-state index >= 15 is 0 Å². The standard InChI is InChI=1S/C11H9BrClFN2/c12-7-2-1-3-9(14)11(7)8(13)6-10-15-4-5-16-10/h1-5,8H,6H2,(H,15,16). The molecule has 2 aromatic rings. The number of nitrogens with zero attached hydrogens (tertiary/aromatic N) is 1. The number of H-pyrrole nitrogens is 1. The SMILES string of the molecule is Fc1cccc(Br)c1C(Cl)Cc1ncc[nH]1. The van der Waals surface area contributed by atoms with E-state index < -0.39 is 5.38 Å². The van der Waals surface area contributed by atoms with Crippen molar-refractivity contribution in [2.75, 3.05) is 0 Å². The molecule has 1 atom stereocenters. The maximum Gasteiger partial charge on any atom is 0.129 e. The van der Waals surface area contributed by atoms with E-state index in [0.717, 1.165) is 5.82 Å². The average Bonchev–Trinajstić information content (AvgIpc) is 2.70. The van der Waals surface area contributed by atoms with Gasteiger partial charge >= 0.3 is 0 Å². The minimum absolute atomic E-state index is 0.305. The zero-order valence-electron chi connectivity index (χ0n) is 8.25. The topological polar surface area (TPSA) is 28.7 Å². The Balaban J connectivity index is 2.24. The molecule has 16 heavy (non-hydrogen) atoms. The van der Waals surface area contributed by atoms with E-state index in [1.165, 1.54) is 6.07 Å². The van der Waals surface area contributed by atoms with Gasteiger partial charge in [0.15, 0.2) is 0 Å². The highest BCUT2D eigenvalue weighted by Crippen LogP contribution is 2.32. The van der Waals surface area contributed by atoms with Crippen LogP contribution in [0, 0.1) is 5.82 Å². The van der Waals surface area contributed by atoms with E-state index in [1.807, 2.05) is 0 Å². The van der Waals surface area contributed by atoms with Crippen LogP contribution < -0.4 is 0 Å². The van der Waals surface area contributed by atoms with Crippen molar-refractivity contribution >= 4 is 27.5 Å². The molecule has 1 heterocycles. The van der Waals surface area contributed by atoms with Gasteiger partial charge in [0.25, 0.3) is 0 Å². The van der Waals surface area contributed by atoms with E-state index in [9.17, 15) is 4.39 Å². The zero-order chi connectivity index (χ0) is 11.5. The van der Waals surface area contributed by atoms with Crippen LogP contribution in [-0.4, -0.2) is 9.97 Å². The van der Waals surface area contributed by atoms with Crippen molar-refractivity contribution in [3.05, 3.63) is 52.3 Å². The molecule has 0 bridgehead atoms. The van der Waals surface area contributed by atoms with Crippen LogP contribution >= 0.6 is 27.5 Å². The first-order chi connectivity index (χ1) is 7.68. The highest BCUT2D eigenvalue weighted by Gasteiger charge is 2.17. The van der Waals surface area contributed by atoms with Crippen molar-refractivity contribution in [3.8, 4) is 0 Å². The summed E-state index contributed by atoms with van der Waals surface area (Å²) in [6.45, 7) is 0. The summed E-state index contributed by atoms with van der Waals surface area (Å²) in [7, 11) is 0. The lowest BCUT2D eigenvalue weighted by molar-refractivity contribution is 0.602. The molecule has 5 heteroatoms. The van der Waals surface area contributed by atoms with Crippen LogP contribution in [0.1, 0.15) is 16.8 Å². The smallest absolute Gasteiger partial charge is 0.129 e. The third-order valence-electron chi connectivity index (χ3n) is 2.24. The molecule has 1 aromatic heterocycles. The second-order valence-electron chi connectivity index (χ2n) is 3.34. The molecule has 0 aliphatic carbocycles. The van der Waals surface area contributed by atoms with E-state index in [1.54, 1.807) is 24.5 Å². The quantitative estimate of drug-likeness (QED) is 0.858. The van der Waals surface area contributed by atoms with Crippen LogP contribution in [0.25, 0.3) is 0 Å². The Hall–Kier alpha value is -0.870. The first kappa shape index (κ1) is 11.6. The Kier molecular flexibility index (Phi) is 3.61. The summed E-state index contributed by atoms with van der Waals surface area (Å²) in [5.41, 5.74) is 0.473. The third kappa shape index (κ3) is 2.44. The molecular weight excluding hydrogens is 294 g/mol. The average molecular weight is 304 g/mol. The van der Waals surface area contributed by atoms with Gasteiger partial charge in [0.2, 0.25) is 0 Å². The Bertz CT molecular complexity index is 453. The van der Waals surface area contributed by atoms with Gasteiger partial charge in [-0.2, -0.15) is 0 Å². The van der Waals surface area contributed by atoms with Gasteiger partial charge in [-0.05, 0) is 12.1 Å². The second kappa shape index (κ2) is 4.97. The van der Waals surface area contributed by atoms with Crippen molar-refractivity contribution in [2.45, 2.75) is 11.8 Å². The molecule has 0 fully saturated rings. The number of hydrogen-bond acceptors (Lipinski definition) is 1. The van der Waals surface area contributed by atoms with Gasteiger partial charge in [0.05, 0.1) is 5.38 Å². The Morgan fingerprint density at radius 1 is 1.50 bits per heavy atom. The predicted octanol–water partition coefficient (Wildman–Crippen LogP) is 3.83. The number of halogens is 3. The van der Waals surface area contributed by atoms with Gasteiger partial charge in [-0.1, -0.05) is 22.0 Å². The van der Waals surface area contributed by atoms with Crippen LogP contribution in [0.5, 0.6) is 0 Å². The van der Waals surface area contributed by atoms with E-state index in [-0.39, 0.29) is 5.82 Å². The number of nitrogens with one attached hydrogen (secondary N) is 1. The number of imidazole rings is 1. The number of alkyl halides is 1. The Labute approximate surface area is 106 Å². The van der Waals surface area contributed by atoms with Crippen LogP contribution in [0.3, 0.4) is 0 Å². The molecule has 2 nitrogen and oxygen atoms in total. The van der Waals surface area contributed by atoms with Gasteiger partial charge < -0.3 is 4.98 Å². The predicted molar refractivity (Wildman–Crippen MR) is 65.0 cm³/mol. The van der Waals surface area contributed by atoms with Crippen LogP contribution in [0.15, 0.2) is 35.1 Å². The lowest BCUT2D eigenvalue weighted by Gasteiger charge is -2.11.